The molecular weight excluding hydrogens is 436 g/mol. The van der Waals surface area contributed by atoms with E-state index in [4.69, 9.17) is 4.98 Å². The molecule has 2 nitrogen and oxygen atoms in total. The summed E-state index contributed by atoms with van der Waals surface area (Å²) in [5.74, 6) is 0. The van der Waals surface area contributed by atoms with Crippen LogP contribution in [0, 0.1) is 0 Å². The molecule has 0 saturated carbocycles. The maximum absolute atomic E-state index is 4.90. The highest BCUT2D eigenvalue weighted by Gasteiger charge is 2.36. The first-order valence-corrected chi connectivity index (χ1v) is 12.6. The second-order valence-electron chi connectivity index (χ2n) is 10.5. The molecule has 1 aliphatic carbocycles. The molecule has 2 heterocycles. The van der Waals surface area contributed by atoms with Crippen molar-refractivity contribution in [3.05, 3.63) is 120 Å². The molecule has 0 aliphatic heterocycles. The van der Waals surface area contributed by atoms with Crippen molar-refractivity contribution in [2.24, 2.45) is 0 Å². The maximum Gasteiger partial charge on any atom is 0.0963 e. The fraction of sp³-hybridized carbons (Fsp3) is 0.0882. The average molecular weight is 461 g/mol. The van der Waals surface area contributed by atoms with Gasteiger partial charge in [0.15, 0.2) is 0 Å². The van der Waals surface area contributed by atoms with Crippen molar-refractivity contribution in [1.29, 1.82) is 0 Å². The molecule has 7 aromatic rings. The summed E-state index contributed by atoms with van der Waals surface area (Å²) in [6.45, 7) is 4.68. The third-order valence-corrected chi connectivity index (χ3v) is 8.21. The maximum atomic E-state index is 4.90. The van der Waals surface area contributed by atoms with Gasteiger partial charge in [-0.25, -0.2) is 0 Å². The second-order valence-corrected chi connectivity index (χ2v) is 10.5. The van der Waals surface area contributed by atoms with Gasteiger partial charge in [-0.05, 0) is 68.7 Å². The molecule has 0 radical (unpaired) electrons. The van der Waals surface area contributed by atoms with E-state index in [2.05, 4.69) is 115 Å². The molecule has 0 atom stereocenters. The zero-order chi connectivity index (χ0) is 24.0. The van der Waals surface area contributed by atoms with Crippen molar-refractivity contribution >= 4 is 43.5 Å². The number of rotatable bonds is 1. The van der Waals surface area contributed by atoms with Crippen LogP contribution in [-0.2, 0) is 5.41 Å². The van der Waals surface area contributed by atoms with Crippen molar-refractivity contribution < 1.29 is 0 Å². The summed E-state index contributed by atoms with van der Waals surface area (Å²) in [7, 11) is 0. The average Bonchev–Trinajstić information content (AvgIpc) is 3.36. The molecule has 36 heavy (non-hydrogen) atoms. The van der Waals surface area contributed by atoms with Gasteiger partial charge in [-0.1, -0.05) is 86.6 Å². The Hall–Kier alpha value is -4.43. The zero-order valence-corrected chi connectivity index (χ0v) is 20.3. The van der Waals surface area contributed by atoms with Crippen molar-refractivity contribution in [2.75, 3.05) is 0 Å². The molecular formula is C34H24N2. The van der Waals surface area contributed by atoms with Crippen molar-refractivity contribution in [2.45, 2.75) is 19.3 Å². The van der Waals surface area contributed by atoms with Gasteiger partial charge in [-0.3, -0.25) is 4.98 Å². The SMILES string of the molecule is CC1(C)c2ccccc2-c2cc3c(cc21)c1ncccc1n3-c1cc2ccccc2c2ccccc12. The fourth-order valence-corrected chi connectivity index (χ4v) is 6.50. The fourth-order valence-electron chi connectivity index (χ4n) is 6.50. The molecule has 0 spiro atoms. The molecule has 0 unspecified atom stereocenters. The monoisotopic (exact) mass is 460 g/mol. The highest BCUT2D eigenvalue weighted by atomic mass is 15.0. The molecule has 0 saturated heterocycles. The lowest BCUT2D eigenvalue weighted by molar-refractivity contribution is 0.661. The van der Waals surface area contributed by atoms with Crippen LogP contribution in [0.15, 0.2) is 109 Å². The van der Waals surface area contributed by atoms with Crippen LogP contribution in [0.1, 0.15) is 25.0 Å². The van der Waals surface area contributed by atoms with Crippen LogP contribution in [0.25, 0.3) is 60.3 Å². The third-order valence-electron chi connectivity index (χ3n) is 8.21. The molecule has 0 amide bonds. The van der Waals surface area contributed by atoms with E-state index in [-0.39, 0.29) is 5.41 Å². The van der Waals surface area contributed by atoms with Gasteiger partial charge in [-0.2, -0.15) is 0 Å². The van der Waals surface area contributed by atoms with Gasteiger partial charge in [-0.15, -0.1) is 0 Å². The number of nitrogens with zero attached hydrogens (tertiary/aromatic N) is 2. The smallest absolute Gasteiger partial charge is 0.0963 e. The van der Waals surface area contributed by atoms with Crippen molar-refractivity contribution in [3.63, 3.8) is 0 Å². The van der Waals surface area contributed by atoms with Crippen LogP contribution in [-0.4, -0.2) is 9.55 Å². The van der Waals surface area contributed by atoms with Crippen molar-refractivity contribution in [1.82, 2.24) is 9.55 Å². The second kappa shape index (κ2) is 6.83. The van der Waals surface area contributed by atoms with Crippen LogP contribution in [0.4, 0.5) is 0 Å². The van der Waals surface area contributed by atoms with Gasteiger partial charge in [0.1, 0.15) is 0 Å². The summed E-state index contributed by atoms with van der Waals surface area (Å²) in [4.78, 5) is 4.90. The predicted octanol–water partition coefficient (Wildman–Crippen LogP) is 8.79. The van der Waals surface area contributed by atoms with Crippen LogP contribution in [0.2, 0.25) is 0 Å². The Bertz CT molecular complexity index is 2020. The lowest BCUT2D eigenvalue weighted by atomic mass is 9.82. The molecule has 5 aromatic carbocycles. The summed E-state index contributed by atoms with van der Waals surface area (Å²) in [5.41, 5.74) is 10.0. The minimum absolute atomic E-state index is 0.0427. The molecule has 2 heteroatoms. The summed E-state index contributed by atoms with van der Waals surface area (Å²) < 4.78 is 2.43. The van der Waals surface area contributed by atoms with E-state index in [0.29, 0.717) is 0 Å². The molecule has 8 rings (SSSR count). The first-order chi connectivity index (χ1) is 17.6. The summed E-state index contributed by atoms with van der Waals surface area (Å²) in [6.07, 6.45) is 1.91. The number of hydrogen-bond acceptors (Lipinski definition) is 1. The van der Waals surface area contributed by atoms with E-state index in [9.17, 15) is 0 Å². The number of benzene rings is 5. The lowest BCUT2D eigenvalue weighted by Crippen LogP contribution is -2.14. The predicted molar refractivity (Wildman–Crippen MR) is 151 cm³/mol. The van der Waals surface area contributed by atoms with E-state index >= 15 is 0 Å². The Kier molecular flexibility index (Phi) is 3.76. The highest BCUT2D eigenvalue weighted by molar-refractivity contribution is 6.15. The van der Waals surface area contributed by atoms with E-state index in [0.717, 1.165) is 11.0 Å². The third kappa shape index (κ3) is 2.43. The van der Waals surface area contributed by atoms with Gasteiger partial charge in [0.05, 0.1) is 22.2 Å². The van der Waals surface area contributed by atoms with Crippen LogP contribution in [0.5, 0.6) is 0 Å². The zero-order valence-electron chi connectivity index (χ0n) is 20.3. The first-order valence-electron chi connectivity index (χ1n) is 12.6. The summed E-state index contributed by atoms with van der Waals surface area (Å²) in [5, 5.41) is 6.27. The van der Waals surface area contributed by atoms with E-state index < -0.39 is 0 Å². The van der Waals surface area contributed by atoms with Gasteiger partial charge in [0.25, 0.3) is 0 Å². The van der Waals surface area contributed by atoms with Crippen LogP contribution in [0.3, 0.4) is 0 Å². The quantitative estimate of drug-likeness (QED) is 0.224. The number of fused-ring (bicyclic) bond motifs is 9. The van der Waals surface area contributed by atoms with Crippen LogP contribution >= 0.6 is 0 Å². The number of aromatic nitrogens is 2. The van der Waals surface area contributed by atoms with Gasteiger partial charge in [0, 0.05) is 22.4 Å². The Labute approximate surface area is 209 Å². The highest BCUT2D eigenvalue weighted by Crippen LogP contribution is 2.51. The van der Waals surface area contributed by atoms with E-state index in [1.54, 1.807) is 0 Å². The Morgan fingerprint density at radius 3 is 2.22 bits per heavy atom. The minimum atomic E-state index is -0.0427. The van der Waals surface area contributed by atoms with Gasteiger partial charge >= 0.3 is 0 Å². The Morgan fingerprint density at radius 2 is 1.33 bits per heavy atom. The summed E-state index contributed by atoms with van der Waals surface area (Å²) >= 11 is 0. The molecule has 0 fully saturated rings. The normalized spacial score (nSPS) is 14.1. The summed E-state index contributed by atoms with van der Waals surface area (Å²) in [6, 6.07) is 37.7. The standard InChI is InChI=1S/C34H24N2/c1-34(2)28-15-8-7-13-24(28)26-20-32-27(19-29(26)34)33-30(16-9-17-35-33)36(32)31-18-21-10-3-4-11-22(21)23-12-5-6-14-25(23)31/h3-20H,1-2H3. The Balaban J connectivity index is 1.57. The first kappa shape index (κ1) is 19.8. The largest absolute Gasteiger partial charge is 0.307 e. The molecule has 1 aliphatic rings. The van der Waals surface area contributed by atoms with E-state index in [1.807, 2.05) is 12.3 Å². The Morgan fingerprint density at radius 1 is 0.583 bits per heavy atom. The molecule has 170 valence electrons. The van der Waals surface area contributed by atoms with Gasteiger partial charge < -0.3 is 4.57 Å². The number of pyridine rings is 1. The topological polar surface area (TPSA) is 17.8 Å². The molecule has 0 bridgehead atoms. The molecule has 2 aromatic heterocycles. The van der Waals surface area contributed by atoms with Crippen molar-refractivity contribution in [3.8, 4) is 16.8 Å². The van der Waals surface area contributed by atoms with Gasteiger partial charge in [0.2, 0.25) is 0 Å². The lowest BCUT2D eigenvalue weighted by Gasteiger charge is -2.21. The van der Waals surface area contributed by atoms with Crippen LogP contribution < -0.4 is 0 Å². The minimum Gasteiger partial charge on any atom is -0.307 e. The number of hydrogen-bond donors (Lipinski definition) is 0. The van der Waals surface area contributed by atoms with E-state index in [1.165, 1.54) is 60.4 Å². The molecule has 0 N–H and O–H groups in total.